The van der Waals surface area contributed by atoms with Crippen LogP contribution in [0.3, 0.4) is 0 Å². The zero-order chi connectivity index (χ0) is 13.9. The number of hydrogen-bond acceptors (Lipinski definition) is 3. The molecule has 1 aromatic carbocycles. The van der Waals surface area contributed by atoms with E-state index < -0.39 is 0 Å². The Bertz CT molecular complexity index is 470. The predicted molar refractivity (Wildman–Crippen MR) is 79.1 cm³/mol. The minimum atomic E-state index is 0.466. The van der Waals surface area contributed by atoms with Crippen LogP contribution in [0.4, 0.5) is 0 Å². The third-order valence-electron chi connectivity index (χ3n) is 4.77. The van der Waals surface area contributed by atoms with Crippen LogP contribution in [0.25, 0.3) is 0 Å². The molecular weight excluding hydrogens is 250 g/mol. The van der Waals surface area contributed by atoms with Gasteiger partial charge in [-0.3, -0.25) is 9.69 Å². The highest BCUT2D eigenvalue weighted by Gasteiger charge is 2.36. The van der Waals surface area contributed by atoms with Crippen LogP contribution in [-0.2, 0) is 11.2 Å². The maximum Gasteiger partial charge on any atom is 0.136 e. The molecule has 0 radical (unpaired) electrons. The first-order valence-corrected chi connectivity index (χ1v) is 7.67. The first-order chi connectivity index (χ1) is 9.78. The summed E-state index contributed by atoms with van der Waals surface area (Å²) >= 11 is 0. The summed E-state index contributed by atoms with van der Waals surface area (Å²) in [5.41, 5.74) is 1.27. The average Bonchev–Trinajstić information content (AvgIpc) is 2.45. The summed E-state index contributed by atoms with van der Waals surface area (Å²) in [5.74, 6) is 1.44. The second kappa shape index (κ2) is 5.96. The lowest BCUT2D eigenvalue weighted by molar-refractivity contribution is -0.127. The minimum Gasteiger partial charge on any atom is -0.496 e. The minimum absolute atomic E-state index is 0.466. The second-order valence-corrected chi connectivity index (χ2v) is 5.99. The summed E-state index contributed by atoms with van der Waals surface area (Å²) in [6, 6.07) is 9.23. The lowest BCUT2D eigenvalue weighted by Crippen LogP contribution is -2.52. The lowest BCUT2D eigenvalue weighted by Gasteiger charge is -2.45. The molecule has 0 spiro atoms. The number of methoxy groups -OCH3 is 1. The molecule has 20 heavy (non-hydrogen) atoms. The van der Waals surface area contributed by atoms with Crippen molar-refractivity contribution in [1.29, 1.82) is 0 Å². The number of fused-ring (bicyclic) bond motifs is 2. The molecule has 2 bridgehead atoms. The molecule has 2 heterocycles. The van der Waals surface area contributed by atoms with Crippen LogP contribution in [0.2, 0.25) is 0 Å². The fourth-order valence-electron chi connectivity index (χ4n) is 3.79. The molecule has 2 unspecified atom stereocenters. The molecule has 1 aromatic rings. The fraction of sp³-hybridized carbons (Fsp3) is 0.588. The van der Waals surface area contributed by atoms with Crippen molar-refractivity contribution < 1.29 is 9.53 Å². The number of piperidine rings is 2. The van der Waals surface area contributed by atoms with Crippen molar-refractivity contribution in [1.82, 2.24) is 4.90 Å². The van der Waals surface area contributed by atoms with Crippen molar-refractivity contribution in [2.45, 2.75) is 50.6 Å². The highest BCUT2D eigenvalue weighted by molar-refractivity contribution is 5.80. The van der Waals surface area contributed by atoms with Crippen molar-refractivity contribution in [2.24, 2.45) is 0 Å². The number of rotatable bonds is 4. The summed E-state index contributed by atoms with van der Waals surface area (Å²) in [5, 5.41) is 0. The Labute approximate surface area is 120 Å². The first-order valence-electron chi connectivity index (χ1n) is 7.67. The van der Waals surface area contributed by atoms with E-state index in [1.165, 1.54) is 24.8 Å². The molecule has 3 nitrogen and oxygen atoms in total. The molecule has 2 saturated heterocycles. The van der Waals surface area contributed by atoms with Gasteiger partial charge in [0.15, 0.2) is 0 Å². The number of para-hydroxylation sites is 1. The van der Waals surface area contributed by atoms with Gasteiger partial charge in [0.2, 0.25) is 0 Å². The molecule has 0 saturated carbocycles. The number of carbonyl (C=O) groups is 1. The number of ketones is 1. The zero-order valence-corrected chi connectivity index (χ0v) is 12.2. The van der Waals surface area contributed by atoms with Crippen LogP contribution in [0.5, 0.6) is 5.75 Å². The van der Waals surface area contributed by atoms with Crippen LogP contribution in [0.1, 0.15) is 37.7 Å². The molecule has 0 aliphatic carbocycles. The van der Waals surface area contributed by atoms with E-state index in [9.17, 15) is 4.79 Å². The van der Waals surface area contributed by atoms with Gasteiger partial charge in [-0.1, -0.05) is 24.6 Å². The third kappa shape index (κ3) is 2.73. The molecule has 0 aromatic heterocycles. The van der Waals surface area contributed by atoms with Gasteiger partial charge in [-0.2, -0.15) is 0 Å². The quantitative estimate of drug-likeness (QED) is 0.845. The van der Waals surface area contributed by atoms with E-state index in [-0.39, 0.29) is 0 Å². The normalized spacial score (nSPS) is 26.6. The van der Waals surface area contributed by atoms with Gasteiger partial charge < -0.3 is 4.74 Å². The zero-order valence-electron chi connectivity index (χ0n) is 12.2. The van der Waals surface area contributed by atoms with Crippen LogP contribution < -0.4 is 4.74 Å². The monoisotopic (exact) mass is 273 g/mol. The number of ether oxygens (including phenoxy) is 1. The van der Waals surface area contributed by atoms with Gasteiger partial charge in [-0.25, -0.2) is 0 Å². The van der Waals surface area contributed by atoms with Crippen LogP contribution in [0, 0.1) is 0 Å². The van der Waals surface area contributed by atoms with Crippen molar-refractivity contribution >= 4 is 5.78 Å². The molecule has 0 N–H and O–H groups in total. The summed E-state index contributed by atoms with van der Waals surface area (Å²) in [4.78, 5) is 14.3. The van der Waals surface area contributed by atoms with Crippen molar-refractivity contribution in [2.75, 3.05) is 13.7 Å². The summed E-state index contributed by atoms with van der Waals surface area (Å²) in [6.07, 6.45) is 6.20. The Morgan fingerprint density at radius 1 is 1.20 bits per heavy atom. The van der Waals surface area contributed by atoms with Crippen LogP contribution in [-0.4, -0.2) is 36.4 Å². The molecular formula is C17H23NO2. The standard InChI is InChI=1S/C17H23NO2/c1-20-17-8-3-2-5-13(17)9-10-18-14-6-4-7-15(18)12-16(19)11-14/h2-3,5,8,14-15H,4,6-7,9-12H2,1H3. The van der Waals surface area contributed by atoms with Crippen LogP contribution >= 0.6 is 0 Å². The third-order valence-corrected chi connectivity index (χ3v) is 4.77. The summed E-state index contributed by atoms with van der Waals surface area (Å²) in [7, 11) is 1.73. The number of carbonyl (C=O) groups excluding carboxylic acids is 1. The van der Waals surface area contributed by atoms with Crippen LogP contribution in [0.15, 0.2) is 24.3 Å². The second-order valence-electron chi connectivity index (χ2n) is 5.99. The Hall–Kier alpha value is -1.35. The van der Waals surface area contributed by atoms with E-state index in [1.54, 1.807) is 7.11 Å². The number of Topliss-reactive ketones (excluding diaryl/α,β-unsaturated/α-hetero) is 1. The molecule has 2 aliphatic rings. The predicted octanol–water partition coefficient (Wildman–Crippen LogP) is 2.82. The van der Waals surface area contributed by atoms with Gasteiger partial charge in [-0.15, -0.1) is 0 Å². The van der Waals surface area contributed by atoms with E-state index in [2.05, 4.69) is 17.0 Å². The highest BCUT2D eigenvalue weighted by atomic mass is 16.5. The molecule has 3 rings (SSSR count). The Morgan fingerprint density at radius 3 is 2.60 bits per heavy atom. The molecule has 108 valence electrons. The maximum atomic E-state index is 11.8. The van der Waals surface area contributed by atoms with E-state index in [0.29, 0.717) is 17.9 Å². The molecule has 2 fully saturated rings. The number of nitrogens with zero attached hydrogens (tertiary/aromatic N) is 1. The number of benzene rings is 1. The fourth-order valence-corrected chi connectivity index (χ4v) is 3.79. The topological polar surface area (TPSA) is 29.5 Å². The maximum absolute atomic E-state index is 11.8. The summed E-state index contributed by atoms with van der Waals surface area (Å²) in [6.45, 7) is 1.04. The average molecular weight is 273 g/mol. The van der Waals surface area contributed by atoms with E-state index in [0.717, 1.165) is 31.6 Å². The van der Waals surface area contributed by atoms with Gasteiger partial charge in [0.25, 0.3) is 0 Å². The smallest absolute Gasteiger partial charge is 0.136 e. The van der Waals surface area contributed by atoms with Gasteiger partial charge in [0, 0.05) is 31.5 Å². The Kier molecular flexibility index (Phi) is 4.06. The van der Waals surface area contributed by atoms with Gasteiger partial charge in [0.1, 0.15) is 11.5 Å². The molecule has 2 atom stereocenters. The first kappa shape index (κ1) is 13.6. The molecule has 0 amide bonds. The molecule has 2 aliphatic heterocycles. The van der Waals surface area contributed by atoms with E-state index in [4.69, 9.17) is 4.74 Å². The highest BCUT2D eigenvalue weighted by Crippen LogP contribution is 2.32. The van der Waals surface area contributed by atoms with Gasteiger partial charge >= 0.3 is 0 Å². The van der Waals surface area contributed by atoms with E-state index >= 15 is 0 Å². The SMILES string of the molecule is COc1ccccc1CCN1C2CCCC1CC(=O)C2. The molecule has 3 heteroatoms. The van der Waals surface area contributed by atoms with E-state index in [1.807, 2.05) is 12.1 Å². The lowest BCUT2D eigenvalue weighted by atomic mass is 9.83. The van der Waals surface area contributed by atoms with Gasteiger partial charge in [-0.05, 0) is 30.9 Å². The Morgan fingerprint density at radius 2 is 1.90 bits per heavy atom. The van der Waals surface area contributed by atoms with Crippen molar-refractivity contribution in [3.05, 3.63) is 29.8 Å². The van der Waals surface area contributed by atoms with Gasteiger partial charge in [0.05, 0.1) is 7.11 Å². The largest absolute Gasteiger partial charge is 0.496 e. The Balaban J connectivity index is 1.67. The number of hydrogen-bond donors (Lipinski definition) is 0. The van der Waals surface area contributed by atoms with Crippen molar-refractivity contribution in [3.63, 3.8) is 0 Å². The summed E-state index contributed by atoms with van der Waals surface area (Å²) < 4.78 is 5.42. The van der Waals surface area contributed by atoms with Crippen molar-refractivity contribution in [3.8, 4) is 5.75 Å².